The SMILES string of the molecule is CC(=O)OCC(COC(C)=O)COS(C)(=O)=O. The van der Waals surface area contributed by atoms with Crippen molar-refractivity contribution in [3.05, 3.63) is 0 Å². The molecule has 0 aromatic heterocycles. The number of carbonyl (C=O) groups is 2. The lowest BCUT2D eigenvalue weighted by Gasteiger charge is -2.15. The highest BCUT2D eigenvalue weighted by molar-refractivity contribution is 7.85. The second kappa shape index (κ2) is 7.23. The van der Waals surface area contributed by atoms with E-state index in [-0.39, 0.29) is 19.8 Å². The van der Waals surface area contributed by atoms with Crippen molar-refractivity contribution in [3.63, 3.8) is 0 Å². The quantitative estimate of drug-likeness (QED) is 0.462. The van der Waals surface area contributed by atoms with Gasteiger partial charge >= 0.3 is 11.9 Å². The van der Waals surface area contributed by atoms with Gasteiger partial charge in [0.05, 0.1) is 32.0 Å². The van der Waals surface area contributed by atoms with Crippen molar-refractivity contribution in [2.24, 2.45) is 5.92 Å². The summed E-state index contributed by atoms with van der Waals surface area (Å²) in [6.07, 6.45) is 0.904. The Balaban J connectivity index is 4.19. The van der Waals surface area contributed by atoms with Crippen LogP contribution in [0.15, 0.2) is 0 Å². The number of hydrogen-bond acceptors (Lipinski definition) is 7. The minimum absolute atomic E-state index is 0.0713. The van der Waals surface area contributed by atoms with E-state index in [0.29, 0.717) is 0 Å². The van der Waals surface area contributed by atoms with E-state index < -0.39 is 28.0 Å². The number of rotatable bonds is 7. The van der Waals surface area contributed by atoms with Gasteiger partial charge in [-0.25, -0.2) is 0 Å². The molecule has 0 radical (unpaired) electrons. The normalized spacial score (nSPS) is 11.3. The fraction of sp³-hybridized carbons (Fsp3) is 0.778. The molecule has 0 bridgehead atoms. The van der Waals surface area contributed by atoms with Crippen molar-refractivity contribution in [1.82, 2.24) is 0 Å². The highest BCUT2D eigenvalue weighted by atomic mass is 32.2. The average Bonchev–Trinajstić information content (AvgIpc) is 2.14. The summed E-state index contributed by atoms with van der Waals surface area (Å²) >= 11 is 0. The van der Waals surface area contributed by atoms with Crippen LogP contribution in [0.4, 0.5) is 0 Å². The molecule has 0 aliphatic carbocycles. The van der Waals surface area contributed by atoms with Crippen molar-refractivity contribution < 1.29 is 31.7 Å². The van der Waals surface area contributed by atoms with Gasteiger partial charge in [0.15, 0.2) is 0 Å². The van der Waals surface area contributed by atoms with Crippen molar-refractivity contribution in [2.45, 2.75) is 13.8 Å². The monoisotopic (exact) mass is 268 g/mol. The Morgan fingerprint density at radius 1 is 1.00 bits per heavy atom. The molecule has 8 heteroatoms. The molecule has 0 aliphatic rings. The van der Waals surface area contributed by atoms with Gasteiger partial charge in [0.2, 0.25) is 0 Å². The zero-order valence-corrected chi connectivity index (χ0v) is 10.8. The number of ether oxygens (including phenoxy) is 2. The lowest BCUT2D eigenvalue weighted by molar-refractivity contribution is -0.146. The molecule has 0 aliphatic heterocycles. The van der Waals surface area contributed by atoms with E-state index in [1.165, 1.54) is 13.8 Å². The van der Waals surface area contributed by atoms with Gasteiger partial charge in [0.25, 0.3) is 10.1 Å². The molecule has 0 aromatic carbocycles. The Bertz CT molecular complexity index is 342. The molecule has 0 atom stereocenters. The summed E-state index contributed by atoms with van der Waals surface area (Å²) in [4.78, 5) is 21.2. The molecule has 7 nitrogen and oxygen atoms in total. The Hall–Kier alpha value is -1.15. The summed E-state index contributed by atoms with van der Waals surface area (Å²) in [5.74, 6) is -1.52. The fourth-order valence-corrected chi connectivity index (χ4v) is 1.27. The minimum Gasteiger partial charge on any atom is -0.465 e. The van der Waals surface area contributed by atoms with E-state index in [1.54, 1.807) is 0 Å². The molecular weight excluding hydrogens is 252 g/mol. The van der Waals surface area contributed by atoms with Crippen LogP contribution in [0.2, 0.25) is 0 Å². The Morgan fingerprint density at radius 3 is 1.71 bits per heavy atom. The maximum atomic E-state index is 10.8. The molecule has 0 unspecified atom stereocenters. The first-order valence-corrected chi connectivity index (χ1v) is 6.63. The smallest absolute Gasteiger partial charge is 0.302 e. The third-order valence-corrected chi connectivity index (χ3v) is 2.13. The second-order valence-corrected chi connectivity index (χ2v) is 5.10. The maximum absolute atomic E-state index is 10.8. The minimum atomic E-state index is -3.58. The van der Waals surface area contributed by atoms with Gasteiger partial charge in [-0.15, -0.1) is 0 Å². The van der Waals surface area contributed by atoms with Crippen LogP contribution in [0.25, 0.3) is 0 Å². The summed E-state index contributed by atoms with van der Waals surface area (Å²) in [5, 5.41) is 0. The molecule has 0 aromatic rings. The molecule has 0 amide bonds. The Kier molecular flexibility index (Phi) is 6.74. The van der Waals surface area contributed by atoms with E-state index in [4.69, 9.17) is 9.47 Å². The molecule has 17 heavy (non-hydrogen) atoms. The Morgan fingerprint density at radius 2 is 1.41 bits per heavy atom. The molecule has 0 fully saturated rings. The van der Waals surface area contributed by atoms with Crippen LogP contribution in [-0.2, 0) is 33.4 Å². The molecular formula is C9H16O7S. The van der Waals surface area contributed by atoms with Crippen LogP contribution < -0.4 is 0 Å². The molecule has 0 saturated heterocycles. The van der Waals surface area contributed by atoms with Gasteiger partial charge in [-0.3, -0.25) is 13.8 Å². The standard InChI is InChI=1S/C9H16O7S/c1-7(10)14-4-9(5-15-8(2)11)6-16-17(3,12)13/h9H,4-6H2,1-3H3. The van der Waals surface area contributed by atoms with Crippen molar-refractivity contribution in [2.75, 3.05) is 26.1 Å². The summed E-state index contributed by atoms with van der Waals surface area (Å²) in [6, 6.07) is 0. The third kappa shape index (κ3) is 11.1. The van der Waals surface area contributed by atoms with E-state index in [9.17, 15) is 18.0 Å². The fourth-order valence-electron chi connectivity index (χ4n) is 0.835. The van der Waals surface area contributed by atoms with Crippen LogP contribution in [0, 0.1) is 5.92 Å². The zero-order valence-electron chi connectivity index (χ0n) is 9.96. The number of carbonyl (C=O) groups excluding carboxylic acids is 2. The predicted molar refractivity (Wildman–Crippen MR) is 57.6 cm³/mol. The molecule has 0 saturated carbocycles. The summed E-state index contributed by atoms with van der Waals surface area (Å²) < 4.78 is 35.5. The number of hydrogen-bond donors (Lipinski definition) is 0. The topological polar surface area (TPSA) is 96.0 Å². The first-order chi connectivity index (χ1) is 7.70. The van der Waals surface area contributed by atoms with E-state index in [2.05, 4.69) is 4.18 Å². The first-order valence-electron chi connectivity index (χ1n) is 4.82. The van der Waals surface area contributed by atoms with Crippen molar-refractivity contribution in [3.8, 4) is 0 Å². The van der Waals surface area contributed by atoms with Gasteiger partial charge in [-0.1, -0.05) is 0 Å². The molecule has 0 N–H and O–H groups in total. The van der Waals surface area contributed by atoms with Gasteiger partial charge < -0.3 is 9.47 Å². The third-order valence-electron chi connectivity index (χ3n) is 1.56. The van der Waals surface area contributed by atoms with Crippen LogP contribution >= 0.6 is 0 Å². The summed E-state index contributed by atoms with van der Waals surface area (Å²) in [5.41, 5.74) is 0. The lowest BCUT2D eigenvalue weighted by atomic mass is 10.2. The summed E-state index contributed by atoms with van der Waals surface area (Å²) in [6.45, 7) is 2.09. The average molecular weight is 268 g/mol. The summed E-state index contributed by atoms with van der Waals surface area (Å²) in [7, 11) is -3.58. The van der Waals surface area contributed by atoms with Gasteiger partial charge in [0, 0.05) is 13.8 Å². The van der Waals surface area contributed by atoms with Gasteiger partial charge in [-0.05, 0) is 0 Å². The molecule has 100 valence electrons. The van der Waals surface area contributed by atoms with Crippen LogP contribution in [-0.4, -0.2) is 46.4 Å². The van der Waals surface area contributed by atoms with Crippen molar-refractivity contribution >= 4 is 22.1 Å². The van der Waals surface area contributed by atoms with Crippen LogP contribution in [0.5, 0.6) is 0 Å². The van der Waals surface area contributed by atoms with E-state index in [1.807, 2.05) is 0 Å². The molecule has 0 heterocycles. The number of esters is 2. The second-order valence-electron chi connectivity index (χ2n) is 3.46. The molecule has 0 spiro atoms. The lowest BCUT2D eigenvalue weighted by Crippen LogP contribution is -2.25. The van der Waals surface area contributed by atoms with Crippen molar-refractivity contribution in [1.29, 1.82) is 0 Å². The van der Waals surface area contributed by atoms with Crippen LogP contribution in [0.1, 0.15) is 13.8 Å². The zero-order chi connectivity index (χ0) is 13.5. The highest BCUT2D eigenvalue weighted by Gasteiger charge is 2.16. The maximum Gasteiger partial charge on any atom is 0.302 e. The van der Waals surface area contributed by atoms with E-state index >= 15 is 0 Å². The van der Waals surface area contributed by atoms with Gasteiger partial charge in [-0.2, -0.15) is 8.42 Å². The highest BCUT2D eigenvalue weighted by Crippen LogP contribution is 2.03. The van der Waals surface area contributed by atoms with E-state index in [0.717, 1.165) is 6.26 Å². The predicted octanol–water partition coefficient (Wildman–Crippen LogP) is -0.295. The first kappa shape index (κ1) is 15.9. The Labute approximate surface area is 100 Å². The van der Waals surface area contributed by atoms with Gasteiger partial charge in [0.1, 0.15) is 0 Å². The van der Waals surface area contributed by atoms with Crippen LogP contribution in [0.3, 0.4) is 0 Å². The molecule has 0 rings (SSSR count). The largest absolute Gasteiger partial charge is 0.465 e.